The Morgan fingerprint density at radius 2 is 0.516 bits per heavy atom. The third-order valence-corrected chi connectivity index (χ3v) is 15.0. The highest BCUT2D eigenvalue weighted by Gasteiger charge is 2.58. The van der Waals surface area contributed by atoms with E-state index < -0.39 is 115 Å². The van der Waals surface area contributed by atoms with Crippen molar-refractivity contribution in [2.75, 3.05) is 14.2 Å². The van der Waals surface area contributed by atoms with Crippen molar-refractivity contribution in [1.29, 1.82) is 0 Å². The van der Waals surface area contributed by atoms with Gasteiger partial charge in [-0.3, -0.25) is 0 Å². The minimum absolute atomic E-state index is 0.0842. The summed E-state index contributed by atoms with van der Waals surface area (Å²) in [5.41, 5.74) is 1.24. The Balaban J connectivity index is 0.939. The number of esters is 8. The summed E-state index contributed by atoms with van der Waals surface area (Å²) in [4.78, 5) is 111. The molecule has 0 bridgehead atoms. The number of rotatable bonds is 20. The van der Waals surface area contributed by atoms with E-state index in [-0.39, 0.29) is 44.9 Å². The second kappa shape index (κ2) is 28.9. The van der Waals surface area contributed by atoms with Gasteiger partial charge < -0.3 is 56.8 Å². The fraction of sp³-hybridized carbons (Fsp3) is 0.211. The van der Waals surface area contributed by atoms with Crippen molar-refractivity contribution < 1.29 is 95.2 Å². The quantitative estimate of drug-likeness (QED) is 0.0508. The zero-order valence-corrected chi connectivity index (χ0v) is 49.4. The first-order valence-corrected chi connectivity index (χ1v) is 28.7. The highest BCUT2D eigenvalue weighted by Crippen LogP contribution is 2.38. The molecule has 0 N–H and O–H groups in total. The van der Waals surface area contributed by atoms with Crippen molar-refractivity contribution in [3.8, 4) is 11.5 Å². The highest BCUT2D eigenvalue weighted by molar-refractivity contribution is 5.93. The first kappa shape index (κ1) is 63.1. The predicted octanol–water partition coefficient (Wildman–Crippen LogP) is 9.92. The SMILES string of the molecule is COC(=O)[C@H]1O[C@@H](Oc2ccc(C(C)(C)c3ccc(O[C@@H]4O[C@H](C(=O)OC)[C@@H](OC(=O)c5ccccc5)[C@H](OC(=O)c5ccccc5)[C@H]4OC(=O)c4ccccc4)cc3)cc2)[C@H](OC(=O)c2ccccc2)[C@@H](OC(=O)c2ccccc2)[C@@H]1OC(=O)c1ccccc1. The van der Waals surface area contributed by atoms with E-state index in [0.29, 0.717) is 0 Å². The van der Waals surface area contributed by atoms with Crippen molar-refractivity contribution in [3.05, 3.63) is 275 Å². The summed E-state index contributed by atoms with van der Waals surface area (Å²) in [5.74, 6) is -7.27. The van der Waals surface area contributed by atoms with Crippen LogP contribution in [0.15, 0.2) is 231 Å². The average Bonchev–Trinajstić information content (AvgIpc) is 0.992. The summed E-state index contributed by atoms with van der Waals surface area (Å²) >= 11 is 0. The maximum absolute atomic E-state index is 14.0. The Morgan fingerprint density at radius 3 is 0.747 bits per heavy atom. The zero-order valence-electron chi connectivity index (χ0n) is 49.4. The zero-order chi connectivity index (χ0) is 64.0. The van der Waals surface area contributed by atoms with Gasteiger partial charge in [0.15, 0.2) is 36.6 Å². The minimum Gasteiger partial charge on any atom is -0.467 e. The molecule has 20 heteroatoms. The number of carbonyl (C=O) groups is 8. The molecule has 91 heavy (non-hydrogen) atoms. The Morgan fingerprint density at radius 1 is 0.297 bits per heavy atom. The molecule has 0 saturated carbocycles. The lowest BCUT2D eigenvalue weighted by Crippen LogP contribution is -2.64. The van der Waals surface area contributed by atoms with Crippen LogP contribution in [0.4, 0.5) is 0 Å². The lowest BCUT2D eigenvalue weighted by atomic mass is 9.78. The van der Waals surface area contributed by atoms with E-state index in [9.17, 15) is 38.4 Å². The van der Waals surface area contributed by atoms with Gasteiger partial charge in [-0.2, -0.15) is 0 Å². The molecule has 0 aliphatic carbocycles. The molecule has 2 fully saturated rings. The molecule has 2 aliphatic heterocycles. The lowest BCUT2D eigenvalue weighted by molar-refractivity contribution is -0.270. The van der Waals surface area contributed by atoms with Gasteiger partial charge in [-0.1, -0.05) is 147 Å². The molecule has 2 aliphatic rings. The van der Waals surface area contributed by atoms with Crippen LogP contribution in [-0.4, -0.2) is 123 Å². The van der Waals surface area contributed by atoms with Crippen LogP contribution in [0.2, 0.25) is 0 Å². The normalized spacial score (nSPS) is 21.0. The van der Waals surface area contributed by atoms with Crippen LogP contribution in [0.3, 0.4) is 0 Å². The molecule has 20 nitrogen and oxygen atoms in total. The number of methoxy groups -OCH3 is 2. The second-order valence-corrected chi connectivity index (χ2v) is 21.2. The van der Waals surface area contributed by atoms with Crippen molar-refractivity contribution in [2.24, 2.45) is 0 Å². The molecule has 0 aromatic heterocycles. The van der Waals surface area contributed by atoms with Crippen LogP contribution in [0.5, 0.6) is 11.5 Å². The van der Waals surface area contributed by atoms with E-state index >= 15 is 0 Å². The number of hydrogen-bond donors (Lipinski definition) is 0. The van der Waals surface area contributed by atoms with Crippen LogP contribution >= 0.6 is 0 Å². The number of benzene rings is 8. The molecule has 10 atom stereocenters. The summed E-state index contributed by atoms with van der Waals surface area (Å²) in [6, 6.07) is 60.8. The van der Waals surface area contributed by atoms with Gasteiger partial charge in [-0.25, -0.2) is 38.4 Å². The van der Waals surface area contributed by atoms with Gasteiger partial charge in [-0.05, 0) is 108 Å². The van der Waals surface area contributed by atoms with Crippen molar-refractivity contribution in [2.45, 2.75) is 80.7 Å². The number of carbonyl (C=O) groups excluding carboxylic acids is 8. The fourth-order valence-corrected chi connectivity index (χ4v) is 10.1. The maximum atomic E-state index is 14.0. The smallest absolute Gasteiger partial charge is 0.339 e. The Kier molecular flexibility index (Phi) is 20.0. The van der Waals surface area contributed by atoms with E-state index in [2.05, 4.69) is 0 Å². The molecule has 8 aromatic carbocycles. The molecular formula is C71H60O20. The highest BCUT2D eigenvalue weighted by atomic mass is 16.8. The minimum atomic E-state index is -1.80. The monoisotopic (exact) mass is 1230 g/mol. The van der Waals surface area contributed by atoms with Crippen molar-refractivity contribution in [1.82, 2.24) is 0 Å². The largest absolute Gasteiger partial charge is 0.467 e. The number of ether oxygens (including phenoxy) is 12. The van der Waals surface area contributed by atoms with Gasteiger partial charge in [0, 0.05) is 5.41 Å². The van der Waals surface area contributed by atoms with Crippen LogP contribution in [-0.2, 0) is 62.4 Å². The molecule has 2 saturated heterocycles. The van der Waals surface area contributed by atoms with Gasteiger partial charge in [0.25, 0.3) is 0 Å². The van der Waals surface area contributed by atoms with Crippen LogP contribution in [0.1, 0.15) is 87.1 Å². The molecular weight excluding hydrogens is 1170 g/mol. The molecule has 0 radical (unpaired) electrons. The van der Waals surface area contributed by atoms with Gasteiger partial charge in [0.1, 0.15) is 11.5 Å². The Bertz CT molecular complexity index is 3570. The van der Waals surface area contributed by atoms with Crippen molar-refractivity contribution >= 4 is 47.8 Å². The fourth-order valence-electron chi connectivity index (χ4n) is 10.1. The van der Waals surface area contributed by atoms with Crippen LogP contribution in [0.25, 0.3) is 0 Å². The topological polar surface area (TPSA) is 247 Å². The van der Waals surface area contributed by atoms with Gasteiger partial charge >= 0.3 is 47.8 Å². The summed E-state index contributed by atoms with van der Waals surface area (Å²) in [5, 5.41) is 0. The maximum Gasteiger partial charge on any atom is 0.339 e. The van der Waals surface area contributed by atoms with E-state index in [1.54, 1.807) is 158 Å². The van der Waals surface area contributed by atoms with E-state index in [0.717, 1.165) is 25.3 Å². The molecule has 10 rings (SSSR count). The van der Waals surface area contributed by atoms with Gasteiger partial charge in [-0.15, -0.1) is 0 Å². The standard InChI is InChI=1S/C71H60O20/c1-71(2,49-35-39-51(40-36-49)82-69-59(88-65(76)47-31-19-9-20-32-47)55(86-63(74)45-27-15-7-16-28-45)53(57(90-69)67(78)80-3)84-61(72)43-23-11-5-12-24-43)50-37-41-52(42-38-50)83-70-60(89-66(77)48-33-21-10-22-34-48)56(87-64(75)46-29-17-8-18-30-46)54(58(91-70)68(79)81-4)85-62(73)44-25-13-6-14-26-44/h5-42,53-60,69-70H,1-4H3/t53-,54-,55-,56-,57-,58-,59+,60+,69+,70+/m0/s1. The Hall–Kier alpha value is -11.0. The molecule has 0 unspecified atom stereocenters. The summed E-state index contributed by atoms with van der Waals surface area (Å²) in [6.07, 6.45) is -17.5. The first-order valence-electron chi connectivity index (χ1n) is 28.7. The summed E-state index contributed by atoms with van der Waals surface area (Å²) < 4.78 is 72.1. The summed E-state index contributed by atoms with van der Waals surface area (Å²) in [6.45, 7) is 3.89. The number of hydrogen-bond acceptors (Lipinski definition) is 20. The van der Waals surface area contributed by atoms with E-state index in [1.165, 1.54) is 72.8 Å². The molecule has 464 valence electrons. The van der Waals surface area contributed by atoms with E-state index in [1.807, 2.05) is 13.8 Å². The summed E-state index contributed by atoms with van der Waals surface area (Å²) in [7, 11) is 2.18. The Labute approximate surface area is 522 Å². The molecule has 8 aromatic rings. The molecule has 2 heterocycles. The van der Waals surface area contributed by atoms with Gasteiger partial charge in [0.2, 0.25) is 24.8 Å². The average molecular weight is 1230 g/mol. The molecule has 0 amide bonds. The van der Waals surface area contributed by atoms with Gasteiger partial charge in [0.05, 0.1) is 47.6 Å². The predicted molar refractivity (Wildman–Crippen MR) is 321 cm³/mol. The molecule has 0 spiro atoms. The third-order valence-electron chi connectivity index (χ3n) is 15.0. The van der Waals surface area contributed by atoms with Crippen LogP contribution < -0.4 is 9.47 Å². The van der Waals surface area contributed by atoms with E-state index in [4.69, 9.17) is 56.8 Å². The van der Waals surface area contributed by atoms with Crippen molar-refractivity contribution in [3.63, 3.8) is 0 Å². The second-order valence-electron chi connectivity index (χ2n) is 21.2. The van der Waals surface area contributed by atoms with Crippen LogP contribution in [0, 0.1) is 0 Å². The third kappa shape index (κ3) is 15.0. The first-order chi connectivity index (χ1) is 44.1. The lowest BCUT2D eigenvalue weighted by Gasteiger charge is -2.43.